The van der Waals surface area contributed by atoms with E-state index in [-0.39, 0.29) is 5.75 Å². The first-order valence-electron chi connectivity index (χ1n) is 6.29. The summed E-state index contributed by atoms with van der Waals surface area (Å²) in [5.74, 6) is 1.73. The molecule has 5 heteroatoms. The molecular formula is C13H16ClNO3. The normalized spacial score (nSPS) is 19.8. The summed E-state index contributed by atoms with van der Waals surface area (Å²) in [6.07, 6.45) is 2.00. The number of aromatic hydroxyl groups is 1. The van der Waals surface area contributed by atoms with E-state index in [0.29, 0.717) is 29.9 Å². The van der Waals surface area contributed by atoms with Gasteiger partial charge in [0.05, 0.1) is 5.02 Å². The van der Waals surface area contributed by atoms with E-state index in [1.807, 2.05) is 0 Å². The van der Waals surface area contributed by atoms with Gasteiger partial charge in [-0.1, -0.05) is 11.6 Å². The molecule has 0 saturated carbocycles. The molecule has 0 unspecified atom stereocenters. The third kappa shape index (κ3) is 1.99. The van der Waals surface area contributed by atoms with Crippen molar-refractivity contribution in [2.75, 3.05) is 26.3 Å². The third-order valence-electron chi connectivity index (χ3n) is 3.53. The van der Waals surface area contributed by atoms with Crippen LogP contribution in [0.1, 0.15) is 24.3 Å². The number of phenolic OH excluding ortho intramolecular Hbond substituents is 1. The first-order valence-corrected chi connectivity index (χ1v) is 6.67. The molecule has 2 heterocycles. The van der Waals surface area contributed by atoms with Crippen LogP contribution in [0.15, 0.2) is 6.07 Å². The first-order chi connectivity index (χ1) is 8.77. The highest BCUT2D eigenvalue weighted by atomic mass is 35.5. The van der Waals surface area contributed by atoms with Crippen LogP contribution >= 0.6 is 11.6 Å². The van der Waals surface area contributed by atoms with Gasteiger partial charge in [-0.3, -0.25) is 0 Å². The lowest BCUT2D eigenvalue weighted by Crippen LogP contribution is -2.27. The van der Waals surface area contributed by atoms with Crippen LogP contribution in [0, 0.1) is 0 Å². The Morgan fingerprint density at radius 2 is 1.94 bits per heavy atom. The molecule has 1 aromatic rings. The van der Waals surface area contributed by atoms with Gasteiger partial charge < -0.3 is 19.9 Å². The number of benzene rings is 1. The number of hydrogen-bond donors (Lipinski definition) is 2. The molecule has 1 saturated heterocycles. The molecule has 2 aliphatic heterocycles. The van der Waals surface area contributed by atoms with E-state index >= 15 is 0 Å². The van der Waals surface area contributed by atoms with Gasteiger partial charge in [0.2, 0.25) is 0 Å². The van der Waals surface area contributed by atoms with E-state index in [1.54, 1.807) is 6.07 Å². The molecule has 18 heavy (non-hydrogen) atoms. The van der Waals surface area contributed by atoms with Gasteiger partial charge in [0.25, 0.3) is 0 Å². The molecule has 1 fully saturated rings. The number of rotatable bonds is 1. The maximum absolute atomic E-state index is 9.90. The largest absolute Gasteiger partial charge is 0.506 e. The smallest absolute Gasteiger partial charge is 0.166 e. The second kappa shape index (κ2) is 4.86. The molecule has 0 aliphatic carbocycles. The van der Waals surface area contributed by atoms with Gasteiger partial charge >= 0.3 is 0 Å². The van der Waals surface area contributed by atoms with Crippen LogP contribution in [-0.2, 0) is 0 Å². The Kier molecular flexibility index (Phi) is 3.22. The number of fused-ring (bicyclic) bond motifs is 1. The average molecular weight is 270 g/mol. The summed E-state index contributed by atoms with van der Waals surface area (Å²) >= 11 is 6.26. The summed E-state index contributed by atoms with van der Waals surface area (Å²) < 4.78 is 11.2. The fourth-order valence-electron chi connectivity index (χ4n) is 2.65. The molecule has 0 atom stereocenters. The highest BCUT2D eigenvalue weighted by molar-refractivity contribution is 6.33. The quantitative estimate of drug-likeness (QED) is 0.821. The second-order valence-corrected chi connectivity index (χ2v) is 5.05. The van der Waals surface area contributed by atoms with Gasteiger partial charge in [-0.15, -0.1) is 0 Å². The Bertz CT molecular complexity index is 458. The maximum atomic E-state index is 9.90. The van der Waals surface area contributed by atoms with Gasteiger partial charge in [-0.2, -0.15) is 0 Å². The zero-order chi connectivity index (χ0) is 12.5. The number of halogens is 1. The fourth-order valence-corrected chi connectivity index (χ4v) is 2.94. The number of hydrogen-bond acceptors (Lipinski definition) is 4. The Hall–Kier alpha value is -1.13. The van der Waals surface area contributed by atoms with Gasteiger partial charge in [-0.25, -0.2) is 0 Å². The minimum Gasteiger partial charge on any atom is -0.506 e. The van der Waals surface area contributed by atoms with Crippen LogP contribution in [0.5, 0.6) is 17.2 Å². The van der Waals surface area contributed by atoms with Crippen molar-refractivity contribution < 1.29 is 14.6 Å². The van der Waals surface area contributed by atoms with Crippen LogP contribution in [0.2, 0.25) is 5.02 Å². The SMILES string of the molecule is Oc1cc2c(c(C3CCNCC3)c1Cl)OCCO2. The van der Waals surface area contributed by atoms with Crippen LogP contribution in [0.3, 0.4) is 0 Å². The average Bonchev–Trinajstić information content (AvgIpc) is 2.41. The first kappa shape index (κ1) is 11.9. The monoisotopic (exact) mass is 269 g/mol. The van der Waals surface area contributed by atoms with Crippen molar-refractivity contribution in [2.45, 2.75) is 18.8 Å². The molecular weight excluding hydrogens is 254 g/mol. The Balaban J connectivity index is 2.07. The number of phenols is 1. The summed E-state index contributed by atoms with van der Waals surface area (Å²) in [5.41, 5.74) is 0.910. The van der Waals surface area contributed by atoms with Gasteiger partial charge in [0.15, 0.2) is 11.5 Å². The number of nitrogens with one attached hydrogen (secondary N) is 1. The molecule has 3 rings (SSSR count). The number of piperidine rings is 1. The van der Waals surface area contributed by atoms with Gasteiger partial charge in [0, 0.05) is 11.6 Å². The molecule has 0 amide bonds. The van der Waals surface area contributed by atoms with Crippen molar-refractivity contribution in [1.82, 2.24) is 5.32 Å². The summed E-state index contributed by atoms with van der Waals surface area (Å²) in [4.78, 5) is 0. The van der Waals surface area contributed by atoms with Crippen LogP contribution in [0.4, 0.5) is 0 Å². The minimum absolute atomic E-state index is 0.0782. The maximum Gasteiger partial charge on any atom is 0.166 e. The standard InChI is InChI=1S/C13H16ClNO3/c14-12-9(16)7-10-13(18-6-5-17-10)11(12)8-1-3-15-4-2-8/h7-8,15-16H,1-6H2. The predicted octanol–water partition coefficient (Wildman–Crippen LogP) is 2.28. The fraction of sp³-hybridized carbons (Fsp3) is 0.538. The molecule has 0 aromatic heterocycles. The lowest BCUT2D eigenvalue weighted by Gasteiger charge is -2.29. The molecule has 0 radical (unpaired) electrons. The van der Waals surface area contributed by atoms with Crippen molar-refractivity contribution >= 4 is 11.6 Å². The highest BCUT2D eigenvalue weighted by Crippen LogP contribution is 2.48. The topological polar surface area (TPSA) is 50.7 Å². The Labute approximate surface area is 111 Å². The molecule has 2 N–H and O–H groups in total. The molecule has 1 aromatic carbocycles. The van der Waals surface area contributed by atoms with Gasteiger partial charge in [-0.05, 0) is 31.8 Å². The Morgan fingerprint density at radius 3 is 2.72 bits per heavy atom. The molecule has 4 nitrogen and oxygen atoms in total. The molecule has 0 bridgehead atoms. The zero-order valence-electron chi connectivity index (χ0n) is 10.0. The molecule has 0 spiro atoms. The van der Waals surface area contributed by atoms with Crippen molar-refractivity contribution in [3.05, 3.63) is 16.7 Å². The summed E-state index contributed by atoms with van der Waals surface area (Å²) in [5, 5.41) is 13.6. The Morgan fingerprint density at radius 1 is 1.22 bits per heavy atom. The molecule has 98 valence electrons. The van der Waals surface area contributed by atoms with Gasteiger partial charge in [0.1, 0.15) is 19.0 Å². The minimum atomic E-state index is 0.0782. The summed E-state index contributed by atoms with van der Waals surface area (Å²) in [6, 6.07) is 1.54. The van der Waals surface area contributed by atoms with Crippen molar-refractivity contribution in [3.63, 3.8) is 0 Å². The van der Waals surface area contributed by atoms with E-state index in [9.17, 15) is 5.11 Å². The van der Waals surface area contributed by atoms with E-state index in [2.05, 4.69) is 5.32 Å². The van der Waals surface area contributed by atoms with E-state index in [1.165, 1.54) is 0 Å². The summed E-state index contributed by atoms with van der Waals surface area (Å²) in [7, 11) is 0. The molecule has 2 aliphatic rings. The van der Waals surface area contributed by atoms with E-state index < -0.39 is 0 Å². The second-order valence-electron chi connectivity index (χ2n) is 4.67. The van der Waals surface area contributed by atoms with Crippen LogP contribution < -0.4 is 14.8 Å². The highest BCUT2D eigenvalue weighted by Gasteiger charge is 2.28. The van der Waals surface area contributed by atoms with Crippen molar-refractivity contribution in [2.24, 2.45) is 0 Å². The summed E-state index contributed by atoms with van der Waals surface area (Å²) in [6.45, 7) is 2.98. The van der Waals surface area contributed by atoms with Crippen molar-refractivity contribution in [3.8, 4) is 17.2 Å². The lowest BCUT2D eigenvalue weighted by molar-refractivity contribution is 0.168. The van der Waals surface area contributed by atoms with E-state index in [4.69, 9.17) is 21.1 Å². The predicted molar refractivity (Wildman–Crippen MR) is 69.0 cm³/mol. The van der Waals surface area contributed by atoms with Crippen LogP contribution in [-0.4, -0.2) is 31.4 Å². The van der Waals surface area contributed by atoms with Crippen molar-refractivity contribution in [1.29, 1.82) is 0 Å². The third-order valence-corrected chi connectivity index (χ3v) is 3.93. The van der Waals surface area contributed by atoms with E-state index in [0.717, 1.165) is 37.2 Å². The number of ether oxygens (including phenoxy) is 2. The zero-order valence-corrected chi connectivity index (χ0v) is 10.8. The lowest BCUT2D eigenvalue weighted by atomic mass is 9.89. The van der Waals surface area contributed by atoms with Crippen LogP contribution in [0.25, 0.3) is 0 Å².